The van der Waals surface area contributed by atoms with Crippen LogP contribution in [-0.2, 0) is 6.54 Å². The van der Waals surface area contributed by atoms with Gasteiger partial charge in [-0.2, -0.15) is 0 Å². The summed E-state index contributed by atoms with van der Waals surface area (Å²) < 4.78 is 4.59. The molecule has 3 nitrogen and oxygen atoms in total. The van der Waals surface area contributed by atoms with Gasteiger partial charge in [-0.3, -0.25) is 4.79 Å². The minimum absolute atomic E-state index is 0.129. The molecule has 100 valence electrons. The number of aryl methyl sites for hydroxylation is 1. The number of anilines is 1. The van der Waals surface area contributed by atoms with E-state index in [0.29, 0.717) is 5.69 Å². The van der Waals surface area contributed by atoms with E-state index < -0.39 is 0 Å². The lowest BCUT2D eigenvalue weighted by Gasteiger charge is -2.09. The van der Waals surface area contributed by atoms with E-state index in [1.54, 1.807) is 0 Å². The molecular weight excluding hydrogens is 440 g/mol. The molecule has 0 spiro atoms. The van der Waals surface area contributed by atoms with Crippen LogP contribution < -0.4 is 5.32 Å². The Morgan fingerprint density at radius 1 is 1.21 bits per heavy atom. The van der Waals surface area contributed by atoms with Crippen LogP contribution in [0.2, 0.25) is 0 Å². The highest BCUT2D eigenvalue weighted by Gasteiger charge is 2.13. The lowest BCUT2D eigenvalue weighted by molar-refractivity contribution is 0.101. The summed E-state index contributed by atoms with van der Waals surface area (Å²) in [5, 5.41) is 2.89. The second kappa shape index (κ2) is 6.24. The van der Waals surface area contributed by atoms with Gasteiger partial charge in [-0.05, 0) is 63.0 Å². The highest BCUT2D eigenvalue weighted by Crippen LogP contribution is 2.27. The van der Waals surface area contributed by atoms with Crippen LogP contribution in [0.3, 0.4) is 0 Å². The number of amides is 1. The molecule has 2 rings (SSSR count). The van der Waals surface area contributed by atoms with E-state index in [1.807, 2.05) is 42.0 Å². The normalized spacial score (nSPS) is 10.5. The molecule has 0 atom stereocenters. The standard InChI is InChI=1S/C13H11Br3N2O/c1-2-18-7-9(15)6-12(18)13(19)17-11-4-3-8(14)5-10(11)16/h3-7H,2H2,1H3,(H,17,19). The summed E-state index contributed by atoms with van der Waals surface area (Å²) in [7, 11) is 0. The van der Waals surface area contributed by atoms with Crippen molar-refractivity contribution in [1.82, 2.24) is 4.57 Å². The number of nitrogens with zero attached hydrogens (tertiary/aromatic N) is 1. The molecule has 1 aromatic carbocycles. The molecule has 0 saturated carbocycles. The Balaban J connectivity index is 2.25. The molecule has 1 N–H and O–H groups in total. The molecule has 1 heterocycles. The summed E-state index contributed by atoms with van der Waals surface area (Å²) in [4.78, 5) is 12.3. The Labute approximate surface area is 136 Å². The predicted molar refractivity (Wildman–Crippen MR) is 87.6 cm³/mol. The van der Waals surface area contributed by atoms with E-state index in [1.165, 1.54) is 0 Å². The number of nitrogens with one attached hydrogen (secondary N) is 1. The molecule has 6 heteroatoms. The van der Waals surface area contributed by atoms with Crippen LogP contribution in [0.4, 0.5) is 5.69 Å². The minimum Gasteiger partial charge on any atom is -0.343 e. The van der Waals surface area contributed by atoms with Crippen LogP contribution in [0.15, 0.2) is 43.9 Å². The monoisotopic (exact) mass is 448 g/mol. The zero-order chi connectivity index (χ0) is 14.0. The van der Waals surface area contributed by atoms with Crippen molar-refractivity contribution in [2.45, 2.75) is 13.5 Å². The summed E-state index contributed by atoms with van der Waals surface area (Å²) in [5.41, 5.74) is 1.37. The maximum atomic E-state index is 12.3. The van der Waals surface area contributed by atoms with Crippen LogP contribution >= 0.6 is 47.8 Å². The second-order valence-electron chi connectivity index (χ2n) is 3.91. The molecule has 2 aromatic rings. The number of carbonyl (C=O) groups is 1. The average Bonchev–Trinajstić information content (AvgIpc) is 2.74. The fraction of sp³-hybridized carbons (Fsp3) is 0.154. The predicted octanol–water partition coefficient (Wildman–Crippen LogP) is 5.05. The van der Waals surface area contributed by atoms with Crippen molar-refractivity contribution in [1.29, 1.82) is 0 Å². The van der Waals surface area contributed by atoms with Gasteiger partial charge in [-0.25, -0.2) is 0 Å². The fourth-order valence-electron chi connectivity index (χ4n) is 1.70. The van der Waals surface area contributed by atoms with Crippen molar-refractivity contribution in [3.05, 3.63) is 49.6 Å². The van der Waals surface area contributed by atoms with E-state index >= 15 is 0 Å². The first-order valence-electron chi connectivity index (χ1n) is 5.63. The Kier molecular flexibility index (Phi) is 4.86. The van der Waals surface area contributed by atoms with E-state index in [-0.39, 0.29) is 5.91 Å². The first kappa shape index (κ1) is 14.8. The number of halogens is 3. The number of hydrogen-bond acceptors (Lipinski definition) is 1. The average molecular weight is 451 g/mol. The molecule has 0 unspecified atom stereocenters. The molecule has 0 aliphatic heterocycles. The number of rotatable bonds is 3. The smallest absolute Gasteiger partial charge is 0.272 e. The van der Waals surface area contributed by atoms with Gasteiger partial charge in [0.15, 0.2) is 0 Å². The van der Waals surface area contributed by atoms with Crippen molar-refractivity contribution < 1.29 is 4.79 Å². The quantitative estimate of drug-likeness (QED) is 0.697. The van der Waals surface area contributed by atoms with Crippen LogP contribution in [0.5, 0.6) is 0 Å². The van der Waals surface area contributed by atoms with Crippen molar-refractivity contribution in [3.8, 4) is 0 Å². The van der Waals surface area contributed by atoms with Crippen LogP contribution in [0.1, 0.15) is 17.4 Å². The first-order valence-corrected chi connectivity index (χ1v) is 8.01. The highest BCUT2D eigenvalue weighted by molar-refractivity contribution is 9.11. The third-order valence-corrected chi connectivity index (χ3v) is 4.20. The van der Waals surface area contributed by atoms with Gasteiger partial charge in [0, 0.05) is 26.2 Å². The summed E-state index contributed by atoms with van der Waals surface area (Å²) in [6, 6.07) is 7.44. The lowest BCUT2D eigenvalue weighted by atomic mass is 10.3. The second-order valence-corrected chi connectivity index (χ2v) is 6.59. The molecule has 1 aromatic heterocycles. The number of hydrogen-bond donors (Lipinski definition) is 1. The minimum atomic E-state index is -0.129. The van der Waals surface area contributed by atoms with Crippen molar-refractivity contribution in [2.24, 2.45) is 0 Å². The third kappa shape index (κ3) is 3.49. The molecule has 0 saturated heterocycles. The molecule has 0 fully saturated rings. The van der Waals surface area contributed by atoms with Gasteiger partial charge in [-0.15, -0.1) is 0 Å². The Morgan fingerprint density at radius 3 is 2.58 bits per heavy atom. The molecule has 0 radical (unpaired) electrons. The molecule has 1 amide bonds. The molecular formula is C13H11Br3N2O. The summed E-state index contributed by atoms with van der Waals surface area (Å²) in [6.45, 7) is 2.74. The summed E-state index contributed by atoms with van der Waals surface area (Å²) in [6.07, 6.45) is 1.89. The zero-order valence-electron chi connectivity index (χ0n) is 10.1. The van der Waals surface area contributed by atoms with Gasteiger partial charge in [-0.1, -0.05) is 15.9 Å². The van der Waals surface area contributed by atoms with E-state index in [9.17, 15) is 4.79 Å². The van der Waals surface area contributed by atoms with Crippen LogP contribution in [-0.4, -0.2) is 10.5 Å². The maximum Gasteiger partial charge on any atom is 0.272 e. The third-order valence-electron chi connectivity index (χ3n) is 2.62. The van der Waals surface area contributed by atoms with Gasteiger partial charge < -0.3 is 9.88 Å². The van der Waals surface area contributed by atoms with Gasteiger partial charge in [0.2, 0.25) is 0 Å². The largest absolute Gasteiger partial charge is 0.343 e. The SMILES string of the molecule is CCn1cc(Br)cc1C(=O)Nc1ccc(Br)cc1Br. The Bertz CT molecular complexity index is 622. The molecule has 19 heavy (non-hydrogen) atoms. The van der Waals surface area contributed by atoms with Gasteiger partial charge in [0.05, 0.1) is 5.69 Å². The Morgan fingerprint density at radius 2 is 1.95 bits per heavy atom. The van der Waals surface area contributed by atoms with Crippen molar-refractivity contribution in [3.63, 3.8) is 0 Å². The Hall–Kier alpha value is -0.590. The van der Waals surface area contributed by atoms with Crippen LogP contribution in [0.25, 0.3) is 0 Å². The maximum absolute atomic E-state index is 12.3. The summed E-state index contributed by atoms with van der Waals surface area (Å²) >= 11 is 10.2. The number of aromatic nitrogens is 1. The molecule has 0 aliphatic carbocycles. The van der Waals surface area contributed by atoms with Crippen molar-refractivity contribution >= 4 is 59.4 Å². The fourth-order valence-corrected chi connectivity index (χ4v) is 3.31. The van der Waals surface area contributed by atoms with E-state index in [2.05, 4.69) is 53.1 Å². The van der Waals surface area contributed by atoms with Gasteiger partial charge in [0.25, 0.3) is 5.91 Å². The zero-order valence-corrected chi connectivity index (χ0v) is 14.8. The lowest BCUT2D eigenvalue weighted by Crippen LogP contribution is -2.16. The van der Waals surface area contributed by atoms with Crippen molar-refractivity contribution in [2.75, 3.05) is 5.32 Å². The number of carbonyl (C=O) groups excluding carboxylic acids is 1. The first-order chi connectivity index (χ1) is 9.01. The van der Waals surface area contributed by atoms with E-state index in [4.69, 9.17) is 0 Å². The van der Waals surface area contributed by atoms with Gasteiger partial charge >= 0.3 is 0 Å². The van der Waals surface area contributed by atoms with Crippen LogP contribution in [0, 0.1) is 0 Å². The molecule has 0 bridgehead atoms. The topological polar surface area (TPSA) is 34.0 Å². The van der Waals surface area contributed by atoms with E-state index in [0.717, 1.165) is 25.7 Å². The van der Waals surface area contributed by atoms with Gasteiger partial charge in [0.1, 0.15) is 5.69 Å². The number of benzene rings is 1. The molecule has 0 aliphatic rings. The highest BCUT2D eigenvalue weighted by atomic mass is 79.9. The summed E-state index contributed by atoms with van der Waals surface area (Å²) in [5.74, 6) is -0.129.